The fraction of sp³-hybridized carbons (Fsp3) is 0.192. The lowest BCUT2D eigenvalue weighted by molar-refractivity contribution is -0.137. The maximum Gasteiger partial charge on any atom is 0.330 e. The van der Waals surface area contributed by atoms with E-state index in [2.05, 4.69) is 6.58 Å². The van der Waals surface area contributed by atoms with E-state index < -0.39 is 17.6 Å². The zero-order valence-electron chi connectivity index (χ0n) is 17.8. The van der Waals surface area contributed by atoms with Gasteiger partial charge in [0.25, 0.3) is 0 Å². The van der Waals surface area contributed by atoms with Gasteiger partial charge in [0, 0.05) is 23.3 Å². The number of ether oxygens (including phenoxy) is 3. The van der Waals surface area contributed by atoms with Crippen LogP contribution in [0.15, 0.2) is 73.3 Å². The highest BCUT2D eigenvalue weighted by molar-refractivity contribution is 5.81. The molecule has 0 amide bonds. The molecule has 0 aliphatic carbocycles. The summed E-state index contributed by atoms with van der Waals surface area (Å²) in [5.41, 5.74) is 1.86. The van der Waals surface area contributed by atoms with Crippen molar-refractivity contribution in [2.24, 2.45) is 0 Å². The maximum absolute atomic E-state index is 14.7. The van der Waals surface area contributed by atoms with Crippen LogP contribution in [-0.4, -0.2) is 26.3 Å². The van der Waals surface area contributed by atoms with Crippen LogP contribution in [0.5, 0.6) is 11.5 Å². The predicted octanol–water partition coefficient (Wildman–Crippen LogP) is 6.20. The summed E-state index contributed by atoms with van der Waals surface area (Å²) in [5.74, 6) is -0.337. The van der Waals surface area contributed by atoms with Crippen molar-refractivity contribution in [3.8, 4) is 33.8 Å². The van der Waals surface area contributed by atoms with Gasteiger partial charge < -0.3 is 14.2 Å². The lowest BCUT2D eigenvalue weighted by Crippen LogP contribution is -2.04. The number of hydrogen-bond donors (Lipinski definition) is 0. The molecule has 32 heavy (non-hydrogen) atoms. The Morgan fingerprint density at radius 3 is 2.09 bits per heavy atom. The first kappa shape index (κ1) is 23.0. The molecule has 0 saturated carbocycles. The van der Waals surface area contributed by atoms with Gasteiger partial charge in [0.2, 0.25) is 0 Å². The summed E-state index contributed by atoms with van der Waals surface area (Å²) in [6, 6.07) is 16.2. The molecule has 3 aromatic carbocycles. The highest BCUT2D eigenvalue weighted by Gasteiger charge is 2.11. The van der Waals surface area contributed by atoms with Crippen molar-refractivity contribution in [2.45, 2.75) is 12.8 Å². The van der Waals surface area contributed by atoms with Crippen molar-refractivity contribution in [3.63, 3.8) is 0 Å². The van der Waals surface area contributed by atoms with E-state index in [1.807, 2.05) is 0 Å². The van der Waals surface area contributed by atoms with Gasteiger partial charge in [0.1, 0.15) is 23.1 Å². The largest absolute Gasteiger partial charge is 0.497 e. The standard InChI is InChI=1S/C26H24F2O4/c1-3-26(29)32-15-5-4-14-31-21-11-13-23(25(28)17-21)19-8-12-22(24(27)16-19)18-6-9-20(30-2)10-7-18/h3,6-13,16-17H,1,4-5,14-15H2,2H3. The summed E-state index contributed by atoms with van der Waals surface area (Å²) in [6.45, 7) is 3.96. The summed E-state index contributed by atoms with van der Waals surface area (Å²) in [5, 5.41) is 0. The zero-order valence-corrected chi connectivity index (χ0v) is 17.8. The van der Waals surface area contributed by atoms with Crippen molar-refractivity contribution in [2.75, 3.05) is 20.3 Å². The first-order valence-corrected chi connectivity index (χ1v) is 10.2. The van der Waals surface area contributed by atoms with Crippen LogP contribution >= 0.6 is 0 Å². The molecule has 0 N–H and O–H groups in total. The van der Waals surface area contributed by atoms with Crippen molar-refractivity contribution in [1.29, 1.82) is 0 Å². The number of unbranched alkanes of at least 4 members (excludes halogenated alkanes) is 1. The van der Waals surface area contributed by atoms with Gasteiger partial charge in [-0.05, 0) is 54.3 Å². The molecule has 0 aliphatic rings. The van der Waals surface area contributed by atoms with E-state index >= 15 is 0 Å². The molecule has 6 heteroatoms. The zero-order chi connectivity index (χ0) is 22.9. The maximum atomic E-state index is 14.7. The number of benzene rings is 3. The number of carbonyl (C=O) groups excluding carboxylic acids is 1. The number of hydrogen-bond acceptors (Lipinski definition) is 4. The Balaban J connectivity index is 1.62. The summed E-state index contributed by atoms with van der Waals surface area (Å²) >= 11 is 0. The van der Waals surface area contributed by atoms with Crippen LogP contribution in [0.1, 0.15) is 12.8 Å². The minimum atomic E-state index is -0.501. The Labute approximate surface area is 186 Å². The Hall–Kier alpha value is -3.67. The van der Waals surface area contributed by atoms with Crippen molar-refractivity contribution in [1.82, 2.24) is 0 Å². The second kappa shape index (κ2) is 11.1. The van der Waals surface area contributed by atoms with Crippen molar-refractivity contribution < 1.29 is 27.8 Å². The third-order valence-corrected chi connectivity index (χ3v) is 4.84. The Bertz CT molecular complexity index is 1080. The van der Waals surface area contributed by atoms with Crippen molar-refractivity contribution >= 4 is 5.97 Å². The van der Waals surface area contributed by atoms with Gasteiger partial charge in [-0.25, -0.2) is 13.6 Å². The van der Waals surface area contributed by atoms with E-state index in [9.17, 15) is 13.6 Å². The Kier molecular flexibility index (Phi) is 7.97. The van der Waals surface area contributed by atoms with E-state index in [1.165, 1.54) is 12.1 Å². The molecule has 4 nitrogen and oxygen atoms in total. The van der Waals surface area contributed by atoms with E-state index in [4.69, 9.17) is 14.2 Å². The molecular formula is C26H24F2O4. The van der Waals surface area contributed by atoms with Gasteiger partial charge in [-0.2, -0.15) is 0 Å². The van der Waals surface area contributed by atoms with Gasteiger partial charge in [0.05, 0.1) is 20.3 Å². The molecule has 0 aliphatic heterocycles. The molecule has 0 saturated heterocycles. The first-order valence-electron chi connectivity index (χ1n) is 10.2. The summed E-state index contributed by atoms with van der Waals surface area (Å²) in [6.07, 6.45) is 2.38. The van der Waals surface area contributed by atoms with E-state index in [0.717, 1.165) is 6.08 Å². The number of rotatable bonds is 10. The number of methoxy groups -OCH3 is 1. The number of carbonyl (C=O) groups is 1. The normalized spacial score (nSPS) is 10.5. The molecule has 0 bridgehead atoms. The third kappa shape index (κ3) is 5.94. The van der Waals surface area contributed by atoms with Crippen LogP contribution in [0.25, 0.3) is 22.3 Å². The third-order valence-electron chi connectivity index (χ3n) is 4.84. The molecule has 0 fully saturated rings. The van der Waals surface area contributed by atoms with Crippen LogP contribution in [0.3, 0.4) is 0 Å². The predicted molar refractivity (Wildman–Crippen MR) is 120 cm³/mol. The average Bonchev–Trinajstić information content (AvgIpc) is 2.81. The molecule has 3 rings (SSSR count). The van der Waals surface area contributed by atoms with Crippen molar-refractivity contribution in [3.05, 3.63) is 85.0 Å². The molecule has 0 atom stereocenters. The quantitative estimate of drug-likeness (QED) is 0.215. The summed E-state index contributed by atoms with van der Waals surface area (Å²) in [4.78, 5) is 10.9. The second-order valence-electron chi connectivity index (χ2n) is 6.99. The van der Waals surface area contributed by atoms with Gasteiger partial charge >= 0.3 is 5.97 Å². The molecule has 166 valence electrons. The lowest BCUT2D eigenvalue weighted by Gasteiger charge is -2.11. The molecule has 0 aromatic heterocycles. The average molecular weight is 438 g/mol. The van der Waals surface area contributed by atoms with Crippen LogP contribution in [0, 0.1) is 11.6 Å². The molecule has 0 radical (unpaired) electrons. The van der Waals surface area contributed by atoms with E-state index in [1.54, 1.807) is 55.6 Å². The van der Waals surface area contributed by atoms with E-state index in [-0.39, 0.29) is 12.2 Å². The fourth-order valence-electron chi connectivity index (χ4n) is 3.13. The van der Waals surface area contributed by atoms with Gasteiger partial charge in [-0.15, -0.1) is 0 Å². The number of halogens is 2. The van der Waals surface area contributed by atoms with Gasteiger partial charge in [-0.1, -0.05) is 30.8 Å². The first-order chi connectivity index (χ1) is 15.5. The monoisotopic (exact) mass is 438 g/mol. The molecule has 3 aromatic rings. The summed E-state index contributed by atoms with van der Waals surface area (Å²) in [7, 11) is 1.57. The van der Waals surface area contributed by atoms with Crippen LogP contribution in [-0.2, 0) is 9.53 Å². The fourth-order valence-corrected chi connectivity index (χ4v) is 3.13. The van der Waals surface area contributed by atoms with Crippen LogP contribution < -0.4 is 9.47 Å². The van der Waals surface area contributed by atoms with Gasteiger partial charge in [-0.3, -0.25) is 0 Å². The Morgan fingerprint density at radius 2 is 1.44 bits per heavy atom. The smallest absolute Gasteiger partial charge is 0.330 e. The topological polar surface area (TPSA) is 44.8 Å². The van der Waals surface area contributed by atoms with Crippen LogP contribution in [0.2, 0.25) is 0 Å². The number of esters is 1. The second-order valence-corrected chi connectivity index (χ2v) is 6.99. The molecular weight excluding hydrogens is 414 g/mol. The summed E-state index contributed by atoms with van der Waals surface area (Å²) < 4.78 is 44.9. The van der Waals surface area contributed by atoms with Gasteiger partial charge in [0.15, 0.2) is 0 Å². The minimum Gasteiger partial charge on any atom is -0.497 e. The lowest BCUT2D eigenvalue weighted by atomic mass is 9.99. The molecule has 0 heterocycles. The highest BCUT2D eigenvalue weighted by Crippen LogP contribution is 2.31. The minimum absolute atomic E-state index is 0.277. The SMILES string of the molecule is C=CC(=O)OCCCCOc1ccc(-c2ccc(-c3ccc(OC)cc3)c(F)c2)c(F)c1. The molecule has 0 unspecified atom stereocenters. The van der Waals surface area contributed by atoms with E-state index in [0.29, 0.717) is 47.6 Å². The Morgan fingerprint density at radius 1 is 0.844 bits per heavy atom. The molecule has 0 spiro atoms. The van der Waals surface area contributed by atoms with Crippen LogP contribution in [0.4, 0.5) is 8.78 Å². The highest BCUT2D eigenvalue weighted by atomic mass is 19.1.